The van der Waals surface area contributed by atoms with Crippen molar-refractivity contribution in [1.29, 1.82) is 0 Å². The van der Waals surface area contributed by atoms with Crippen molar-refractivity contribution in [3.8, 4) is 0 Å². The number of sulfonamides is 1. The number of hydrogen-bond donors (Lipinski definition) is 1. The van der Waals surface area contributed by atoms with E-state index in [-0.39, 0.29) is 10.8 Å². The van der Waals surface area contributed by atoms with Crippen LogP contribution in [0, 0.1) is 5.92 Å². The lowest BCUT2D eigenvalue weighted by atomic mass is 10.2. The van der Waals surface area contributed by atoms with E-state index in [0.29, 0.717) is 24.1 Å². The molecule has 1 heterocycles. The van der Waals surface area contributed by atoms with Crippen LogP contribution in [0.1, 0.15) is 13.8 Å². The molecule has 0 saturated carbocycles. The Morgan fingerprint density at radius 3 is 2.67 bits per heavy atom. The van der Waals surface area contributed by atoms with Gasteiger partial charge in [0.25, 0.3) is 0 Å². The van der Waals surface area contributed by atoms with E-state index in [1.54, 1.807) is 30.3 Å². The van der Waals surface area contributed by atoms with Gasteiger partial charge < -0.3 is 5.32 Å². The van der Waals surface area contributed by atoms with Crippen LogP contribution in [0.4, 0.5) is 0 Å². The van der Waals surface area contributed by atoms with Crippen molar-refractivity contribution in [3.63, 3.8) is 0 Å². The second kappa shape index (κ2) is 6.81. The topological polar surface area (TPSA) is 66.5 Å². The summed E-state index contributed by atoms with van der Waals surface area (Å²) < 4.78 is 26.5. The number of rotatable bonds is 5. The van der Waals surface area contributed by atoms with Crippen LogP contribution in [0.5, 0.6) is 0 Å². The van der Waals surface area contributed by atoms with Crippen LogP contribution in [-0.2, 0) is 14.8 Å². The summed E-state index contributed by atoms with van der Waals surface area (Å²) in [6.45, 7) is 4.56. The van der Waals surface area contributed by atoms with Gasteiger partial charge in [-0.05, 0) is 18.1 Å². The third-order valence-electron chi connectivity index (χ3n) is 3.18. The molecule has 1 aliphatic heterocycles. The second-order valence-corrected chi connectivity index (χ2v) is 8.25. The highest BCUT2D eigenvalue weighted by Gasteiger charge is 2.39. The van der Waals surface area contributed by atoms with Gasteiger partial charge in [-0.2, -0.15) is 4.31 Å². The van der Waals surface area contributed by atoms with Gasteiger partial charge in [0.1, 0.15) is 6.04 Å². The van der Waals surface area contributed by atoms with E-state index in [4.69, 9.17) is 0 Å². The number of nitrogens with one attached hydrogen (secondary N) is 1. The maximum absolute atomic E-state index is 12.6. The predicted molar refractivity (Wildman–Crippen MR) is 84.4 cm³/mol. The quantitative estimate of drug-likeness (QED) is 0.890. The molecule has 1 aromatic carbocycles. The molecule has 1 amide bonds. The summed E-state index contributed by atoms with van der Waals surface area (Å²) in [6, 6.07) is 7.63. The fraction of sp³-hybridized carbons (Fsp3) is 0.500. The summed E-state index contributed by atoms with van der Waals surface area (Å²) in [5.74, 6) is 0.933. The number of amides is 1. The molecule has 1 aromatic rings. The molecule has 1 N–H and O–H groups in total. The van der Waals surface area contributed by atoms with Gasteiger partial charge in [-0.15, -0.1) is 11.8 Å². The fourth-order valence-corrected chi connectivity index (χ4v) is 5.19. The first kappa shape index (κ1) is 16.3. The standard InChI is InChI=1S/C14H20N2O3S2/c1-11(2)8-15-14(17)13-9-20-10-16(13)21(18,19)12-6-4-3-5-7-12/h3-7,11,13H,8-10H2,1-2H3,(H,15,17)/t13-/m1/s1. The Morgan fingerprint density at radius 2 is 2.05 bits per heavy atom. The monoisotopic (exact) mass is 328 g/mol. The van der Waals surface area contributed by atoms with Gasteiger partial charge in [0.15, 0.2) is 0 Å². The first-order valence-corrected chi connectivity index (χ1v) is 9.44. The van der Waals surface area contributed by atoms with Crippen molar-refractivity contribution < 1.29 is 13.2 Å². The van der Waals surface area contributed by atoms with E-state index in [9.17, 15) is 13.2 Å². The van der Waals surface area contributed by atoms with Crippen LogP contribution in [0.25, 0.3) is 0 Å². The lowest BCUT2D eigenvalue weighted by molar-refractivity contribution is -0.123. The minimum atomic E-state index is -3.62. The molecule has 0 bridgehead atoms. The summed E-state index contributed by atoms with van der Waals surface area (Å²) in [5.41, 5.74) is 0. The normalized spacial score (nSPS) is 19.9. The summed E-state index contributed by atoms with van der Waals surface area (Å²) in [7, 11) is -3.62. The molecule has 0 aliphatic carbocycles. The molecule has 0 aromatic heterocycles. The van der Waals surface area contributed by atoms with E-state index < -0.39 is 16.1 Å². The van der Waals surface area contributed by atoms with Crippen LogP contribution in [-0.4, -0.2) is 42.8 Å². The third-order valence-corrected chi connectivity index (χ3v) is 6.22. The van der Waals surface area contributed by atoms with Crippen LogP contribution in [0.3, 0.4) is 0 Å². The Kier molecular flexibility index (Phi) is 5.29. The maximum Gasteiger partial charge on any atom is 0.244 e. The number of hydrogen-bond acceptors (Lipinski definition) is 4. The minimum Gasteiger partial charge on any atom is -0.354 e. The van der Waals surface area contributed by atoms with Crippen molar-refractivity contribution in [3.05, 3.63) is 30.3 Å². The zero-order chi connectivity index (χ0) is 15.5. The smallest absolute Gasteiger partial charge is 0.244 e. The summed E-state index contributed by atoms with van der Waals surface area (Å²) in [5, 5.41) is 2.82. The Morgan fingerprint density at radius 1 is 1.38 bits per heavy atom. The average Bonchev–Trinajstić information content (AvgIpc) is 2.96. The van der Waals surface area contributed by atoms with Gasteiger partial charge in [-0.25, -0.2) is 8.42 Å². The largest absolute Gasteiger partial charge is 0.354 e. The molecule has 21 heavy (non-hydrogen) atoms. The molecule has 0 spiro atoms. The summed E-state index contributed by atoms with van der Waals surface area (Å²) in [6.07, 6.45) is 0. The molecule has 7 heteroatoms. The second-order valence-electron chi connectivity index (χ2n) is 5.36. The Balaban J connectivity index is 2.17. The molecule has 116 valence electrons. The summed E-state index contributed by atoms with van der Waals surface area (Å²) >= 11 is 1.46. The van der Waals surface area contributed by atoms with E-state index in [1.165, 1.54) is 16.1 Å². The minimum absolute atomic E-state index is 0.215. The van der Waals surface area contributed by atoms with Gasteiger partial charge in [0.05, 0.1) is 10.8 Å². The summed E-state index contributed by atoms with van der Waals surface area (Å²) in [4.78, 5) is 12.4. The third kappa shape index (κ3) is 3.78. The Labute approximate surface area is 130 Å². The van der Waals surface area contributed by atoms with Crippen LogP contribution in [0.2, 0.25) is 0 Å². The van der Waals surface area contributed by atoms with Crippen LogP contribution >= 0.6 is 11.8 Å². The SMILES string of the molecule is CC(C)CNC(=O)[C@H]1CSCN1S(=O)(=O)c1ccccc1. The molecule has 0 unspecified atom stereocenters. The predicted octanol–water partition coefficient (Wildman–Crippen LogP) is 1.52. The average molecular weight is 328 g/mol. The number of carbonyl (C=O) groups excluding carboxylic acids is 1. The molecule has 1 saturated heterocycles. The van der Waals surface area contributed by atoms with Gasteiger partial charge in [0.2, 0.25) is 15.9 Å². The van der Waals surface area contributed by atoms with Crippen molar-refractivity contribution >= 4 is 27.7 Å². The van der Waals surface area contributed by atoms with Crippen LogP contribution in [0.15, 0.2) is 35.2 Å². The molecule has 1 fully saturated rings. The molecule has 2 rings (SSSR count). The highest BCUT2D eigenvalue weighted by Crippen LogP contribution is 2.28. The van der Waals surface area contributed by atoms with Crippen molar-refractivity contribution in [2.24, 2.45) is 5.92 Å². The lowest BCUT2D eigenvalue weighted by Gasteiger charge is -2.23. The van der Waals surface area contributed by atoms with Gasteiger partial charge in [0, 0.05) is 12.3 Å². The van der Waals surface area contributed by atoms with Gasteiger partial charge in [-0.1, -0.05) is 32.0 Å². The Hall–Kier alpha value is -1.05. The highest BCUT2D eigenvalue weighted by atomic mass is 32.2. The number of carbonyl (C=O) groups is 1. The zero-order valence-electron chi connectivity index (χ0n) is 12.2. The number of benzene rings is 1. The zero-order valence-corrected chi connectivity index (χ0v) is 13.8. The first-order chi connectivity index (χ1) is 9.93. The Bertz CT molecular complexity index is 587. The van der Waals surface area contributed by atoms with E-state index >= 15 is 0 Å². The van der Waals surface area contributed by atoms with Gasteiger partial charge in [-0.3, -0.25) is 4.79 Å². The molecule has 1 aliphatic rings. The maximum atomic E-state index is 12.6. The van der Waals surface area contributed by atoms with Crippen molar-refractivity contribution in [2.75, 3.05) is 18.2 Å². The fourth-order valence-electron chi connectivity index (χ4n) is 2.02. The van der Waals surface area contributed by atoms with E-state index in [2.05, 4.69) is 5.32 Å². The van der Waals surface area contributed by atoms with E-state index in [0.717, 1.165) is 0 Å². The molecule has 5 nitrogen and oxygen atoms in total. The lowest BCUT2D eigenvalue weighted by Crippen LogP contribution is -2.47. The number of thioether (sulfide) groups is 1. The van der Waals surface area contributed by atoms with Crippen molar-refractivity contribution in [2.45, 2.75) is 24.8 Å². The molecule has 0 radical (unpaired) electrons. The molecule has 1 atom stereocenters. The molecular weight excluding hydrogens is 308 g/mol. The molecular formula is C14H20N2O3S2. The van der Waals surface area contributed by atoms with Crippen LogP contribution < -0.4 is 5.32 Å². The first-order valence-electron chi connectivity index (χ1n) is 6.85. The number of nitrogens with zero attached hydrogens (tertiary/aromatic N) is 1. The highest BCUT2D eigenvalue weighted by molar-refractivity contribution is 8.00. The van der Waals surface area contributed by atoms with E-state index in [1.807, 2.05) is 13.8 Å². The van der Waals surface area contributed by atoms with Gasteiger partial charge >= 0.3 is 0 Å². The van der Waals surface area contributed by atoms with Crippen molar-refractivity contribution in [1.82, 2.24) is 9.62 Å².